The highest BCUT2D eigenvalue weighted by molar-refractivity contribution is 8.00. The number of aliphatic imine (C=N–C) groups is 1. The molecule has 3 nitrogen and oxygen atoms in total. The number of alkyl halides is 3. The minimum Gasteiger partial charge on any atom is -0.496 e. The Kier molecular flexibility index (Phi) is 5.73. The normalized spacial score (nSPS) is 21.5. The second-order valence-corrected chi connectivity index (χ2v) is 7.33. The zero-order valence-corrected chi connectivity index (χ0v) is 15.2. The van der Waals surface area contributed by atoms with Crippen LogP contribution in [0.25, 0.3) is 0 Å². The summed E-state index contributed by atoms with van der Waals surface area (Å²) >= 11 is 0.964. The number of ether oxygens (including phenoxy) is 1. The number of aryl methyl sites for hydroxylation is 1. The first kappa shape index (κ1) is 19.0. The molecule has 0 saturated carbocycles. The minimum absolute atomic E-state index is 0.0815. The lowest BCUT2D eigenvalue weighted by atomic mass is 9.90. The monoisotopic (exact) mass is 360 g/mol. The van der Waals surface area contributed by atoms with Crippen LogP contribution < -0.4 is 4.74 Å². The van der Waals surface area contributed by atoms with Gasteiger partial charge in [0, 0.05) is 25.2 Å². The molecule has 0 bridgehead atoms. The lowest BCUT2D eigenvalue weighted by molar-refractivity contribution is -0.162. The van der Waals surface area contributed by atoms with Gasteiger partial charge in [0.25, 0.3) is 0 Å². The highest BCUT2D eigenvalue weighted by Gasteiger charge is 2.59. The summed E-state index contributed by atoms with van der Waals surface area (Å²) in [7, 11) is 3.29. The molecular formula is C17H23F3N2OS. The van der Waals surface area contributed by atoms with Crippen molar-refractivity contribution in [1.29, 1.82) is 0 Å². The van der Waals surface area contributed by atoms with Crippen LogP contribution in [-0.4, -0.2) is 43.9 Å². The van der Waals surface area contributed by atoms with Gasteiger partial charge in [0.2, 0.25) is 0 Å². The van der Waals surface area contributed by atoms with E-state index in [1.807, 2.05) is 18.9 Å². The molecule has 0 aromatic heterocycles. The maximum atomic E-state index is 13.8. The topological polar surface area (TPSA) is 24.8 Å². The summed E-state index contributed by atoms with van der Waals surface area (Å²) in [5.41, 5.74) is 1.54. The van der Waals surface area contributed by atoms with Crippen LogP contribution in [0.3, 0.4) is 0 Å². The number of methoxy groups -OCH3 is 1. The first-order valence-corrected chi connectivity index (χ1v) is 8.88. The number of hydrogen-bond acceptors (Lipinski definition) is 3. The molecule has 0 amide bonds. The number of benzene rings is 1. The molecule has 0 N–H and O–H groups in total. The minimum atomic E-state index is -4.32. The van der Waals surface area contributed by atoms with Crippen molar-refractivity contribution in [1.82, 2.24) is 4.90 Å². The molecule has 0 aliphatic carbocycles. The number of halogens is 3. The van der Waals surface area contributed by atoms with Crippen LogP contribution in [0.5, 0.6) is 5.75 Å². The summed E-state index contributed by atoms with van der Waals surface area (Å²) in [6, 6.07) is 3.19. The zero-order valence-electron chi connectivity index (χ0n) is 14.4. The summed E-state index contributed by atoms with van der Waals surface area (Å²) in [6.07, 6.45) is -2.02. The molecule has 1 heterocycles. The fourth-order valence-corrected chi connectivity index (χ4v) is 4.18. The van der Waals surface area contributed by atoms with Gasteiger partial charge in [0.05, 0.1) is 19.1 Å². The number of nitrogens with zero attached hydrogens (tertiary/aromatic N) is 2. The van der Waals surface area contributed by atoms with Crippen molar-refractivity contribution in [2.75, 3.05) is 26.5 Å². The molecule has 1 aromatic carbocycles. The SMILES string of the molecule is CCN(C)/C=N/c1cc(OC)c(C2(C(F)(F)F)CCCS2)cc1C. The molecule has 7 heteroatoms. The molecule has 1 fully saturated rings. The molecule has 2 rings (SSSR count). The first-order valence-electron chi connectivity index (χ1n) is 7.89. The van der Waals surface area contributed by atoms with Crippen molar-refractivity contribution in [3.05, 3.63) is 23.3 Å². The van der Waals surface area contributed by atoms with E-state index in [4.69, 9.17) is 4.74 Å². The molecule has 1 aromatic rings. The van der Waals surface area contributed by atoms with Gasteiger partial charge >= 0.3 is 6.18 Å². The third-order valence-corrected chi connectivity index (χ3v) is 5.97. The molecule has 0 radical (unpaired) electrons. The fourth-order valence-electron chi connectivity index (χ4n) is 2.77. The quantitative estimate of drug-likeness (QED) is 0.551. The largest absolute Gasteiger partial charge is 0.496 e. The average molecular weight is 360 g/mol. The van der Waals surface area contributed by atoms with Crippen molar-refractivity contribution >= 4 is 23.8 Å². The van der Waals surface area contributed by atoms with Crippen LogP contribution in [-0.2, 0) is 4.75 Å². The van der Waals surface area contributed by atoms with Gasteiger partial charge in [-0.2, -0.15) is 13.2 Å². The Morgan fingerprint density at radius 1 is 1.42 bits per heavy atom. The number of rotatable bonds is 5. The molecule has 1 aliphatic rings. The Balaban J connectivity index is 2.52. The molecule has 1 saturated heterocycles. The van der Waals surface area contributed by atoms with E-state index in [-0.39, 0.29) is 17.7 Å². The maximum absolute atomic E-state index is 13.8. The molecule has 0 spiro atoms. The zero-order chi connectivity index (χ0) is 18.0. The van der Waals surface area contributed by atoms with Crippen LogP contribution in [0.2, 0.25) is 0 Å². The van der Waals surface area contributed by atoms with E-state index in [2.05, 4.69) is 4.99 Å². The van der Waals surface area contributed by atoms with Crippen molar-refractivity contribution in [2.24, 2.45) is 4.99 Å². The van der Waals surface area contributed by atoms with E-state index in [0.29, 0.717) is 23.4 Å². The highest BCUT2D eigenvalue weighted by atomic mass is 32.2. The molecule has 1 aliphatic heterocycles. The van der Waals surface area contributed by atoms with Gasteiger partial charge in [0.1, 0.15) is 10.5 Å². The lowest BCUT2D eigenvalue weighted by Gasteiger charge is -2.32. The van der Waals surface area contributed by atoms with Gasteiger partial charge in [-0.15, -0.1) is 11.8 Å². The van der Waals surface area contributed by atoms with Crippen molar-refractivity contribution in [2.45, 2.75) is 37.6 Å². The van der Waals surface area contributed by atoms with E-state index in [9.17, 15) is 13.2 Å². The van der Waals surface area contributed by atoms with Gasteiger partial charge in [-0.25, -0.2) is 4.99 Å². The van der Waals surface area contributed by atoms with Crippen LogP contribution in [0.15, 0.2) is 17.1 Å². The van der Waals surface area contributed by atoms with Crippen LogP contribution in [0, 0.1) is 6.92 Å². The van der Waals surface area contributed by atoms with E-state index in [0.717, 1.165) is 18.3 Å². The number of thioether (sulfide) groups is 1. The van der Waals surface area contributed by atoms with E-state index >= 15 is 0 Å². The smallest absolute Gasteiger partial charge is 0.407 e. The molecular weight excluding hydrogens is 337 g/mol. The average Bonchev–Trinajstić information content (AvgIpc) is 3.03. The van der Waals surface area contributed by atoms with E-state index < -0.39 is 10.9 Å². The Labute approximate surface area is 145 Å². The predicted octanol–water partition coefficient (Wildman–Crippen LogP) is 4.90. The summed E-state index contributed by atoms with van der Waals surface area (Å²) in [5.74, 6) is 0.752. The Bertz CT molecular complexity index is 611. The van der Waals surface area contributed by atoms with Crippen LogP contribution >= 0.6 is 11.8 Å². The summed E-state index contributed by atoms with van der Waals surface area (Å²) in [5, 5.41) is 0. The third kappa shape index (κ3) is 3.50. The van der Waals surface area contributed by atoms with Crippen molar-refractivity contribution < 1.29 is 17.9 Å². The standard InChI is InChI=1S/C17H23F3N2OS/c1-5-22(3)11-21-14-10-15(23-4)13(9-12(14)2)16(17(18,19)20)7-6-8-24-16/h9-11H,5-8H2,1-4H3/b21-11+. The van der Waals surface area contributed by atoms with Gasteiger partial charge in [0.15, 0.2) is 0 Å². The predicted molar refractivity (Wildman–Crippen MR) is 93.6 cm³/mol. The van der Waals surface area contributed by atoms with E-state index in [1.165, 1.54) is 7.11 Å². The molecule has 1 atom stereocenters. The molecule has 1 unspecified atom stereocenters. The second kappa shape index (κ2) is 7.25. The first-order chi connectivity index (χ1) is 11.2. The van der Waals surface area contributed by atoms with Gasteiger partial charge < -0.3 is 9.64 Å². The second-order valence-electron chi connectivity index (χ2n) is 5.93. The lowest BCUT2D eigenvalue weighted by Crippen LogP contribution is -2.37. The summed E-state index contributed by atoms with van der Waals surface area (Å²) in [6.45, 7) is 4.57. The molecule has 24 heavy (non-hydrogen) atoms. The highest BCUT2D eigenvalue weighted by Crippen LogP contribution is 2.59. The number of hydrogen-bond donors (Lipinski definition) is 0. The molecule has 134 valence electrons. The van der Waals surface area contributed by atoms with Crippen molar-refractivity contribution in [3.8, 4) is 5.75 Å². The summed E-state index contributed by atoms with van der Waals surface area (Å²) in [4.78, 5) is 6.26. The van der Waals surface area contributed by atoms with Crippen molar-refractivity contribution in [3.63, 3.8) is 0 Å². The van der Waals surface area contributed by atoms with Gasteiger partial charge in [-0.05, 0) is 44.1 Å². The fraction of sp³-hybridized carbons (Fsp3) is 0.588. The van der Waals surface area contributed by atoms with Gasteiger partial charge in [-0.3, -0.25) is 0 Å². The van der Waals surface area contributed by atoms with Crippen LogP contribution in [0.1, 0.15) is 30.9 Å². The Morgan fingerprint density at radius 2 is 2.12 bits per heavy atom. The van der Waals surface area contributed by atoms with Crippen LogP contribution in [0.4, 0.5) is 18.9 Å². The Hall–Kier alpha value is -1.37. The Morgan fingerprint density at radius 3 is 2.62 bits per heavy atom. The van der Waals surface area contributed by atoms with E-state index in [1.54, 1.807) is 25.4 Å². The van der Waals surface area contributed by atoms with Gasteiger partial charge in [-0.1, -0.05) is 0 Å². The maximum Gasteiger partial charge on any atom is 0.407 e. The summed E-state index contributed by atoms with van der Waals surface area (Å²) < 4.78 is 44.9. The third-order valence-electron chi connectivity index (χ3n) is 4.33.